The lowest BCUT2D eigenvalue weighted by molar-refractivity contribution is 0.0690. The molecule has 1 amide bonds. The Morgan fingerprint density at radius 2 is 1.81 bits per heavy atom. The number of benzene rings is 2. The largest absolute Gasteiger partial charge is 0.508 e. The van der Waals surface area contributed by atoms with Gasteiger partial charge in [-0.15, -0.1) is 0 Å². The quantitative estimate of drug-likeness (QED) is 0.928. The molecule has 0 bridgehead atoms. The van der Waals surface area contributed by atoms with E-state index in [4.69, 9.17) is 0 Å². The molecule has 2 aromatic rings. The van der Waals surface area contributed by atoms with E-state index in [-0.39, 0.29) is 17.7 Å². The number of phenols is 1. The van der Waals surface area contributed by atoms with E-state index >= 15 is 0 Å². The van der Waals surface area contributed by atoms with Crippen LogP contribution in [0.15, 0.2) is 48.5 Å². The number of hydrogen-bond donors (Lipinski definition) is 1. The maximum Gasteiger partial charge on any atom is 0.254 e. The molecular weight excluding hydrogens is 262 g/mol. The van der Waals surface area contributed by atoms with Crippen LogP contribution in [0.3, 0.4) is 0 Å². The highest BCUT2D eigenvalue weighted by Gasteiger charge is 2.19. The lowest BCUT2D eigenvalue weighted by Crippen LogP contribution is -2.36. The predicted octanol–water partition coefficient (Wildman–Crippen LogP) is 3.75. The van der Waals surface area contributed by atoms with Crippen molar-refractivity contribution in [3.05, 3.63) is 65.2 Å². The SMILES string of the molecule is Cc1cc(C(=O)N(Cc2ccccc2)C(C)C)ccc1O. The van der Waals surface area contributed by atoms with Gasteiger partial charge in [0, 0.05) is 18.2 Å². The molecule has 0 aliphatic rings. The topological polar surface area (TPSA) is 40.5 Å². The third-order valence-corrected chi connectivity index (χ3v) is 3.52. The Hall–Kier alpha value is -2.29. The fourth-order valence-electron chi connectivity index (χ4n) is 2.22. The molecule has 0 aliphatic carbocycles. The Kier molecular flexibility index (Phi) is 4.63. The Bertz CT molecular complexity index is 620. The minimum atomic E-state index is -0.0167. The average molecular weight is 283 g/mol. The van der Waals surface area contributed by atoms with Crippen molar-refractivity contribution in [2.45, 2.75) is 33.4 Å². The van der Waals surface area contributed by atoms with Crippen molar-refractivity contribution in [1.29, 1.82) is 0 Å². The number of aromatic hydroxyl groups is 1. The number of carbonyl (C=O) groups excluding carboxylic acids is 1. The molecule has 0 heterocycles. The van der Waals surface area contributed by atoms with Gasteiger partial charge in [-0.2, -0.15) is 0 Å². The number of amides is 1. The lowest BCUT2D eigenvalue weighted by Gasteiger charge is -2.27. The molecule has 0 atom stereocenters. The third-order valence-electron chi connectivity index (χ3n) is 3.52. The number of nitrogens with zero attached hydrogens (tertiary/aromatic N) is 1. The summed E-state index contributed by atoms with van der Waals surface area (Å²) in [5.41, 5.74) is 2.43. The second kappa shape index (κ2) is 6.44. The number of phenolic OH excluding ortho intramolecular Hbond substituents is 1. The highest BCUT2D eigenvalue weighted by molar-refractivity contribution is 5.94. The fourth-order valence-corrected chi connectivity index (χ4v) is 2.22. The van der Waals surface area contributed by atoms with Gasteiger partial charge in [-0.1, -0.05) is 30.3 Å². The van der Waals surface area contributed by atoms with Gasteiger partial charge in [0.2, 0.25) is 0 Å². The summed E-state index contributed by atoms with van der Waals surface area (Å²) in [6, 6.07) is 15.0. The van der Waals surface area contributed by atoms with Crippen molar-refractivity contribution in [3.8, 4) is 5.75 Å². The zero-order chi connectivity index (χ0) is 15.4. The van der Waals surface area contributed by atoms with Crippen molar-refractivity contribution in [2.24, 2.45) is 0 Å². The van der Waals surface area contributed by atoms with Crippen LogP contribution in [-0.4, -0.2) is 22.0 Å². The molecule has 0 saturated heterocycles. The van der Waals surface area contributed by atoms with Gasteiger partial charge >= 0.3 is 0 Å². The van der Waals surface area contributed by atoms with Crippen LogP contribution in [0, 0.1) is 6.92 Å². The zero-order valence-electron chi connectivity index (χ0n) is 12.7. The molecule has 0 spiro atoms. The molecular formula is C18H21NO2. The van der Waals surface area contributed by atoms with E-state index in [1.807, 2.05) is 49.1 Å². The first-order valence-corrected chi connectivity index (χ1v) is 7.13. The molecule has 21 heavy (non-hydrogen) atoms. The van der Waals surface area contributed by atoms with Gasteiger partial charge in [0.15, 0.2) is 0 Å². The molecule has 0 saturated carbocycles. The number of rotatable bonds is 4. The van der Waals surface area contributed by atoms with Crippen LogP contribution in [0.4, 0.5) is 0 Å². The van der Waals surface area contributed by atoms with Crippen molar-refractivity contribution < 1.29 is 9.90 Å². The Balaban J connectivity index is 2.25. The molecule has 3 nitrogen and oxygen atoms in total. The van der Waals surface area contributed by atoms with Gasteiger partial charge in [0.05, 0.1) is 0 Å². The first-order valence-electron chi connectivity index (χ1n) is 7.13. The van der Waals surface area contributed by atoms with Gasteiger partial charge < -0.3 is 10.0 Å². The van der Waals surface area contributed by atoms with Crippen LogP contribution in [-0.2, 0) is 6.54 Å². The van der Waals surface area contributed by atoms with Crippen LogP contribution in [0.2, 0.25) is 0 Å². The van der Waals surface area contributed by atoms with Crippen molar-refractivity contribution in [2.75, 3.05) is 0 Å². The van der Waals surface area contributed by atoms with E-state index < -0.39 is 0 Å². The second-order valence-electron chi connectivity index (χ2n) is 5.51. The van der Waals surface area contributed by atoms with E-state index in [0.717, 1.165) is 5.56 Å². The monoisotopic (exact) mass is 283 g/mol. The average Bonchev–Trinajstić information content (AvgIpc) is 2.47. The van der Waals surface area contributed by atoms with Crippen LogP contribution in [0.25, 0.3) is 0 Å². The van der Waals surface area contributed by atoms with E-state index in [9.17, 15) is 9.90 Å². The van der Waals surface area contributed by atoms with Gasteiger partial charge in [-0.3, -0.25) is 4.79 Å². The number of carbonyl (C=O) groups is 1. The molecule has 0 aromatic heterocycles. The number of aryl methyl sites for hydroxylation is 1. The summed E-state index contributed by atoms with van der Waals surface area (Å²) in [5, 5.41) is 9.58. The first-order chi connectivity index (χ1) is 9.99. The second-order valence-corrected chi connectivity index (χ2v) is 5.51. The third kappa shape index (κ3) is 3.63. The molecule has 1 N–H and O–H groups in total. The van der Waals surface area contributed by atoms with E-state index in [0.29, 0.717) is 17.7 Å². The van der Waals surface area contributed by atoms with Gasteiger partial charge in [0.1, 0.15) is 5.75 Å². The maximum absolute atomic E-state index is 12.7. The summed E-state index contributed by atoms with van der Waals surface area (Å²) in [6.45, 7) is 6.39. The standard InChI is InChI=1S/C18H21NO2/c1-13(2)19(12-15-7-5-4-6-8-15)18(21)16-9-10-17(20)14(3)11-16/h4-11,13,20H,12H2,1-3H3. The van der Waals surface area contributed by atoms with Crippen molar-refractivity contribution in [3.63, 3.8) is 0 Å². The van der Waals surface area contributed by atoms with E-state index in [1.54, 1.807) is 25.1 Å². The maximum atomic E-state index is 12.7. The summed E-state index contributed by atoms with van der Waals surface area (Å²) >= 11 is 0. The Morgan fingerprint density at radius 1 is 1.14 bits per heavy atom. The summed E-state index contributed by atoms with van der Waals surface area (Å²) in [4.78, 5) is 14.5. The molecule has 0 radical (unpaired) electrons. The van der Waals surface area contributed by atoms with Crippen LogP contribution >= 0.6 is 0 Å². The highest BCUT2D eigenvalue weighted by atomic mass is 16.3. The minimum Gasteiger partial charge on any atom is -0.508 e. The smallest absolute Gasteiger partial charge is 0.254 e. The molecule has 0 aliphatic heterocycles. The van der Waals surface area contributed by atoms with Gasteiger partial charge in [0.25, 0.3) is 5.91 Å². The highest BCUT2D eigenvalue weighted by Crippen LogP contribution is 2.20. The Morgan fingerprint density at radius 3 is 2.38 bits per heavy atom. The summed E-state index contributed by atoms with van der Waals surface area (Å²) in [7, 11) is 0. The normalized spacial score (nSPS) is 10.7. The molecule has 3 heteroatoms. The summed E-state index contributed by atoms with van der Waals surface area (Å²) < 4.78 is 0. The zero-order valence-corrected chi connectivity index (χ0v) is 12.7. The van der Waals surface area contributed by atoms with Gasteiger partial charge in [-0.05, 0) is 50.1 Å². The van der Waals surface area contributed by atoms with Gasteiger partial charge in [-0.25, -0.2) is 0 Å². The summed E-state index contributed by atoms with van der Waals surface area (Å²) in [6.07, 6.45) is 0. The molecule has 2 rings (SSSR count). The van der Waals surface area contributed by atoms with Crippen molar-refractivity contribution in [1.82, 2.24) is 4.90 Å². The molecule has 2 aromatic carbocycles. The molecule has 110 valence electrons. The molecule has 0 fully saturated rings. The number of hydrogen-bond acceptors (Lipinski definition) is 2. The minimum absolute atomic E-state index is 0.0167. The first kappa shape index (κ1) is 15.1. The lowest BCUT2D eigenvalue weighted by atomic mass is 10.1. The Labute approximate surface area is 125 Å². The van der Waals surface area contributed by atoms with Crippen molar-refractivity contribution >= 4 is 5.91 Å². The van der Waals surface area contributed by atoms with Crippen LogP contribution in [0.1, 0.15) is 35.3 Å². The fraction of sp³-hybridized carbons (Fsp3) is 0.278. The summed E-state index contributed by atoms with van der Waals surface area (Å²) in [5.74, 6) is 0.197. The van der Waals surface area contributed by atoms with E-state index in [2.05, 4.69) is 0 Å². The van der Waals surface area contributed by atoms with E-state index in [1.165, 1.54) is 0 Å². The van der Waals surface area contributed by atoms with Crippen LogP contribution < -0.4 is 0 Å². The van der Waals surface area contributed by atoms with Crippen LogP contribution in [0.5, 0.6) is 5.75 Å². The molecule has 0 unspecified atom stereocenters. The predicted molar refractivity (Wildman–Crippen MR) is 84.3 cm³/mol.